The van der Waals surface area contributed by atoms with Crippen LogP contribution in [-0.2, 0) is 9.59 Å². The van der Waals surface area contributed by atoms with Gasteiger partial charge in [0.15, 0.2) is 0 Å². The highest BCUT2D eigenvalue weighted by molar-refractivity contribution is 5.96. The van der Waals surface area contributed by atoms with Crippen LogP contribution in [0.4, 0.5) is 0 Å². The summed E-state index contributed by atoms with van der Waals surface area (Å²) in [6.07, 6.45) is 2.72. The van der Waals surface area contributed by atoms with Crippen LogP contribution in [-0.4, -0.2) is 11.6 Å². The van der Waals surface area contributed by atoms with Gasteiger partial charge in [-0.3, -0.25) is 9.59 Å². The summed E-state index contributed by atoms with van der Waals surface area (Å²) in [6.45, 7) is 7.17. The first kappa shape index (κ1) is 13.0. The third-order valence-corrected chi connectivity index (χ3v) is 0.998. The monoisotopic (exact) mass is 158 g/mol. The lowest BCUT2D eigenvalue weighted by molar-refractivity contribution is -0.124. The molecule has 0 aromatic rings. The number of unbranched alkanes of at least 4 members (excludes halogenated alkanes) is 1. The molecule has 0 amide bonds. The molecule has 0 fully saturated rings. The number of rotatable bonds is 3. The summed E-state index contributed by atoms with van der Waals surface area (Å²) in [7, 11) is 0. The second-order valence-corrected chi connectivity index (χ2v) is 2.58. The third-order valence-electron chi connectivity index (χ3n) is 0.998. The van der Waals surface area contributed by atoms with Crippen molar-refractivity contribution in [3.63, 3.8) is 0 Å². The van der Waals surface area contributed by atoms with E-state index in [4.69, 9.17) is 0 Å². The smallest absolute Gasteiger partial charge is 0.137 e. The molecule has 0 aromatic heterocycles. The molecule has 2 nitrogen and oxygen atoms in total. The maximum Gasteiger partial charge on any atom is 0.137 e. The number of hydrogen-bond donors (Lipinski definition) is 0. The van der Waals surface area contributed by atoms with Crippen LogP contribution in [0.1, 0.15) is 47.0 Å². The van der Waals surface area contributed by atoms with Crippen LogP contribution in [0.3, 0.4) is 0 Å². The summed E-state index contributed by atoms with van der Waals surface area (Å²) >= 11 is 0. The van der Waals surface area contributed by atoms with Gasteiger partial charge in [-0.05, 0) is 13.8 Å². The largest absolute Gasteiger partial charge is 0.300 e. The molecule has 11 heavy (non-hydrogen) atoms. The second-order valence-electron chi connectivity index (χ2n) is 2.58. The third kappa shape index (κ3) is 26.7. The van der Waals surface area contributed by atoms with Gasteiger partial charge in [0.05, 0.1) is 6.42 Å². The van der Waals surface area contributed by atoms with E-state index in [-0.39, 0.29) is 18.0 Å². The summed E-state index contributed by atoms with van der Waals surface area (Å²) in [5.41, 5.74) is 0. The summed E-state index contributed by atoms with van der Waals surface area (Å²) in [5, 5.41) is 0. The van der Waals surface area contributed by atoms with Gasteiger partial charge in [0, 0.05) is 0 Å². The van der Waals surface area contributed by atoms with Crippen molar-refractivity contribution in [3.05, 3.63) is 0 Å². The van der Waals surface area contributed by atoms with Gasteiger partial charge in [-0.1, -0.05) is 26.7 Å². The van der Waals surface area contributed by atoms with Gasteiger partial charge in [-0.15, -0.1) is 0 Å². The van der Waals surface area contributed by atoms with Crippen LogP contribution < -0.4 is 0 Å². The summed E-state index contributed by atoms with van der Waals surface area (Å²) in [4.78, 5) is 20.1. The Morgan fingerprint density at radius 1 is 0.909 bits per heavy atom. The molecule has 0 spiro atoms. The molecule has 0 aliphatic rings. The molecule has 0 aliphatic carbocycles. The molecule has 0 saturated heterocycles. The molecule has 0 atom stereocenters. The number of carbonyl (C=O) groups is 2. The van der Waals surface area contributed by atoms with Crippen LogP contribution >= 0.6 is 0 Å². The van der Waals surface area contributed by atoms with Crippen molar-refractivity contribution < 1.29 is 9.59 Å². The lowest BCUT2D eigenvalue weighted by atomic mass is 10.2. The fourth-order valence-corrected chi connectivity index (χ4v) is 0.351. The van der Waals surface area contributed by atoms with Gasteiger partial charge in [0.25, 0.3) is 0 Å². The molecule has 0 rings (SSSR count). The van der Waals surface area contributed by atoms with Gasteiger partial charge in [0.1, 0.15) is 11.6 Å². The zero-order valence-electron chi connectivity index (χ0n) is 7.94. The van der Waals surface area contributed by atoms with Gasteiger partial charge >= 0.3 is 0 Å². The maximum atomic E-state index is 10.0. The fraction of sp³-hybridized carbons (Fsp3) is 0.778. The summed E-state index contributed by atoms with van der Waals surface area (Å²) in [6, 6.07) is 0. The van der Waals surface area contributed by atoms with E-state index < -0.39 is 0 Å². The molecule has 66 valence electrons. The minimum Gasteiger partial charge on any atom is -0.300 e. The zero-order valence-corrected chi connectivity index (χ0v) is 7.94. The van der Waals surface area contributed by atoms with E-state index in [9.17, 15) is 9.59 Å². The number of carbonyl (C=O) groups excluding carboxylic acids is 2. The molecule has 0 bridgehead atoms. The quantitative estimate of drug-likeness (QED) is 0.591. The highest BCUT2D eigenvalue weighted by atomic mass is 16.1. The fourth-order valence-electron chi connectivity index (χ4n) is 0.351. The van der Waals surface area contributed by atoms with Gasteiger partial charge in [-0.2, -0.15) is 0 Å². The molecule has 0 N–H and O–H groups in total. The Morgan fingerprint density at radius 3 is 1.18 bits per heavy atom. The van der Waals surface area contributed by atoms with Crippen LogP contribution in [0, 0.1) is 0 Å². The van der Waals surface area contributed by atoms with Crippen LogP contribution in [0.15, 0.2) is 0 Å². The van der Waals surface area contributed by atoms with E-state index in [2.05, 4.69) is 13.8 Å². The molecule has 0 aliphatic heterocycles. The van der Waals surface area contributed by atoms with Gasteiger partial charge in [-0.25, -0.2) is 0 Å². The van der Waals surface area contributed by atoms with E-state index in [0.29, 0.717) is 0 Å². The Hall–Kier alpha value is -0.660. The Labute approximate surface area is 69.0 Å². The Morgan fingerprint density at radius 2 is 1.18 bits per heavy atom. The number of ketones is 2. The van der Waals surface area contributed by atoms with Crippen molar-refractivity contribution in [1.82, 2.24) is 0 Å². The van der Waals surface area contributed by atoms with E-state index in [1.54, 1.807) is 0 Å². The van der Waals surface area contributed by atoms with E-state index >= 15 is 0 Å². The summed E-state index contributed by atoms with van der Waals surface area (Å²) < 4.78 is 0. The Bertz CT molecular complexity index is 103. The zero-order chi connectivity index (χ0) is 9.28. The first-order chi connectivity index (χ1) is 5.04. The summed E-state index contributed by atoms with van der Waals surface area (Å²) in [5.74, 6) is -0.125. The highest BCUT2D eigenvalue weighted by Gasteiger charge is 1.94. The molecule has 0 radical (unpaired) electrons. The molecular formula is C9H18O2. The molecule has 0 saturated carbocycles. The lowest BCUT2D eigenvalue weighted by Crippen LogP contribution is -1.97. The van der Waals surface area contributed by atoms with Crippen LogP contribution in [0.25, 0.3) is 0 Å². The van der Waals surface area contributed by atoms with Crippen LogP contribution in [0.5, 0.6) is 0 Å². The lowest BCUT2D eigenvalue weighted by Gasteiger charge is -1.81. The Balaban J connectivity index is 0. The second kappa shape index (κ2) is 9.34. The van der Waals surface area contributed by atoms with Crippen LogP contribution in [0.2, 0.25) is 0 Å². The van der Waals surface area contributed by atoms with E-state index in [1.165, 1.54) is 26.7 Å². The topological polar surface area (TPSA) is 34.1 Å². The average molecular weight is 158 g/mol. The standard InChI is InChI=1S/C5H8O2.C4H10/c1-4(6)3-5(2)7;1-3-4-2/h3H2,1-2H3;3-4H2,1-2H3. The number of hydrogen-bond acceptors (Lipinski definition) is 2. The van der Waals surface area contributed by atoms with Crippen molar-refractivity contribution >= 4 is 11.6 Å². The van der Waals surface area contributed by atoms with Crippen molar-refractivity contribution in [3.8, 4) is 0 Å². The first-order valence-electron chi connectivity index (χ1n) is 4.03. The number of Topliss-reactive ketones (excluding diaryl/α,β-unsaturated/α-hetero) is 2. The molecule has 0 aromatic carbocycles. The average Bonchev–Trinajstić information content (AvgIpc) is 1.85. The minimum absolute atomic E-state index is 0.0625. The van der Waals surface area contributed by atoms with Crippen molar-refractivity contribution in [2.75, 3.05) is 0 Å². The highest BCUT2D eigenvalue weighted by Crippen LogP contribution is 1.80. The first-order valence-corrected chi connectivity index (χ1v) is 4.03. The van der Waals surface area contributed by atoms with E-state index in [1.807, 2.05) is 0 Å². The predicted molar refractivity (Wildman–Crippen MR) is 46.6 cm³/mol. The van der Waals surface area contributed by atoms with Gasteiger partial charge in [0.2, 0.25) is 0 Å². The van der Waals surface area contributed by atoms with Crippen molar-refractivity contribution in [2.45, 2.75) is 47.0 Å². The minimum atomic E-state index is -0.0625. The van der Waals surface area contributed by atoms with Gasteiger partial charge < -0.3 is 0 Å². The molecular weight excluding hydrogens is 140 g/mol. The Kier molecular flexibility index (Phi) is 11.0. The van der Waals surface area contributed by atoms with Crippen molar-refractivity contribution in [2.24, 2.45) is 0 Å². The molecule has 2 heteroatoms. The van der Waals surface area contributed by atoms with Crippen molar-refractivity contribution in [1.29, 1.82) is 0 Å². The predicted octanol–water partition coefficient (Wildman–Crippen LogP) is 2.36. The molecule has 0 heterocycles. The normalized spacial score (nSPS) is 8.00. The molecule has 0 unspecified atom stereocenters. The van der Waals surface area contributed by atoms with E-state index in [0.717, 1.165) is 0 Å². The SMILES string of the molecule is CC(=O)CC(C)=O.CCCC. The maximum absolute atomic E-state index is 10.0.